The zero-order valence-corrected chi connectivity index (χ0v) is 16.7. The van der Waals surface area contributed by atoms with Crippen molar-refractivity contribution in [2.75, 3.05) is 13.7 Å². The van der Waals surface area contributed by atoms with Gasteiger partial charge in [0.2, 0.25) is 0 Å². The average molecular weight is 411 g/mol. The summed E-state index contributed by atoms with van der Waals surface area (Å²) in [6.07, 6.45) is 1.85. The summed E-state index contributed by atoms with van der Waals surface area (Å²) in [5.41, 5.74) is 0. The smallest absolute Gasteiger partial charge is 0.359 e. The van der Waals surface area contributed by atoms with Crippen LogP contribution in [0.25, 0.3) is 0 Å². The van der Waals surface area contributed by atoms with Gasteiger partial charge in [0.05, 0.1) is 24.4 Å². The number of carbonyl (C=O) groups excluding carboxylic acids is 1. The molecule has 0 aliphatic carbocycles. The third kappa shape index (κ3) is 4.46. The van der Waals surface area contributed by atoms with Crippen molar-refractivity contribution in [3.63, 3.8) is 0 Å². The fourth-order valence-electron chi connectivity index (χ4n) is 4.44. The Balaban J connectivity index is 1.78. The van der Waals surface area contributed by atoms with E-state index in [0.29, 0.717) is 19.4 Å². The Bertz CT molecular complexity index is 756. The van der Waals surface area contributed by atoms with Crippen LogP contribution in [-0.2, 0) is 23.4 Å². The quantitative estimate of drug-likeness (QED) is 0.492. The van der Waals surface area contributed by atoms with E-state index >= 15 is 0 Å². The number of esters is 1. The van der Waals surface area contributed by atoms with Gasteiger partial charge in [-0.3, -0.25) is 19.1 Å². The van der Waals surface area contributed by atoms with Crippen LogP contribution >= 0.6 is 7.60 Å². The van der Waals surface area contributed by atoms with Crippen molar-refractivity contribution in [3.8, 4) is 0 Å². The van der Waals surface area contributed by atoms with Crippen LogP contribution in [0.15, 0.2) is 30.3 Å². The molecule has 0 saturated carbocycles. The molecule has 0 spiro atoms. The fraction of sp³-hybridized carbons (Fsp3) is 0.579. The van der Waals surface area contributed by atoms with E-state index < -0.39 is 31.6 Å². The number of nitrogens with zero attached hydrogens (tertiary/aromatic N) is 1. The van der Waals surface area contributed by atoms with Gasteiger partial charge < -0.3 is 19.3 Å². The van der Waals surface area contributed by atoms with Crippen LogP contribution in [0.5, 0.6) is 0 Å². The average Bonchev–Trinajstić information content (AvgIpc) is 2.94. The van der Waals surface area contributed by atoms with E-state index in [9.17, 15) is 19.0 Å². The van der Waals surface area contributed by atoms with Crippen molar-refractivity contribution in [1.82, 2.24) is 4.90 Å². The molecule has 5 atom stereocenters. The number of ether oxygens (including phenoxy) is 1. The molecule has 9 heteroatoms. The molecule has 0 amide bonds. The van der Waals surface area contributed by atoms with Crippen LogP contribution in [0.4, 0.5) is 0 Å². The zero-order valence-electron chi connectivity index (χ0n) is 15.8. The summed E-state index contributed by atoms with van der Waals surface area (Å²) in [6.45, 7) is 0.567. The molecular weight excluding hydrogens is 385 g/mol. The van der Waals surface area contributed by atoms with Crippen LogP contribution in [0, 0.1) is 5.92 Å². The lowest BCUT2D eigenvalue weighted by Gasteiger charge is -2.43. The molecule has 2 aliphatic rings. The second-order valence-corrected chi connectivity index (χ2v) is 9.09. The van der Waals surface area contributed by atoms with E-state index in [4.69, 9.17) is 14.4 Å². The molecular formula is C19H26NO7P. The molecule has 0 aromatic heterocycles. The molecule has 1 aromatic rings. The Morgan fingerprint density at radius 2 is 1.96 bits per heavy atom. The lowest BCUT2D eigenvalue weighted by molar-refractivity contribution is -0.155. The third-order valence-electron chi connectivity index (χ3n) is 5.65. The topological polar surface area (TPSA) is 113 Å². The van der Waals surface area contributed by atoms with Gasteiger partial charge in [0.1, 0.15) is 0 Å². The third-order valence-corrected chi connectivity index (χ3v) is 7.16. The van der Waals surface area contributed by atoms with Gasteiger partial charge in [-0.1, -0.05) is 18.2 Å². The minimum atomic E-state index is -4.08. The van der Waals surface area contributed by atoms with Gasteiger partial charge >= 0.3 is 19.5 Å². The van der Waals surface area contributed by atoms with Crippen molar-refractivity contribution in [1.29, 1.82) is 0 Å². The van der Waals surface area contributed by atoms with Gasteiger partial charge in [-0.25, -0.2) is 0 Å². The maximum atomic E-state index is 12.8. The van der Waals surface area contributed by atoms with Crippen molar-refractivity contribution >= 4 is 24.8 Å². The van der Waals surface area contributed by atoms with Crippen molar-refractivity contribution in [2.24, 2.45) is 5.92 Å². The van der Waals surface area contributed by atoms with Crippen molar-refractivity contribution < 1.29 is 33.4 Å². The Kier molecular flexibility index (Phi) is 6.55. The predicted octanol–water partition coefficient (Wildman–Crippen LogP) is 1.77. The van der Waals surface area contributed by atoms with Crippen LogP contribution in [-0.4, -0.2) is 58.7 Å². The maximum Gasteiger partial charge on any atom is 0.359 e. The number of methoxy groups -OCH3 is 1. The lowest BCUT2D eigenvalue weighted by Crippen LogP contribution is -2.54. The van der Waals surface area contributed by atoms with Gasteiger partial charge in [0.15, 0.2) is 0 Å². The number of piperidine rings is 1. The van der Waals surface area contributed by atoms with Crippen LogP contribution < -0.4 is 5.30 Å². The lowest BCUT2D eigenvalue weighted by atomic mass is 9.87. The number of hydrogen-bond donors (Lipinski definition) is 2. The Morgan fingerprint density at radius 1 is 1.25 bits per heavy atom. The maximum absolute atomic E-state index is 12.8. The molecule has 154 valence electrons. The minimum absolute atomic E-state index is 0.0681. The normalized spacial score (nSPS) is 29.2. The van der Waals surface area contributed by atoms with E-state index in [0.717, 1.165) is 12.8 Å². The number of rotatable bonds is 8. The summed E-state index contributed by atoms with van der Waals surface area (Å²) >= 11 is 0. The summed E-state index contributed by atoms with van der Waals surface area (Å²) in [7, 11) is -2.79. The summed E-state index contributed by atoms with van der Waals surface area (Å²) in [5, 5.41) is 9.06. The van der Waals surface area contributed by atoms with E-state index in [-0.39, 0.29) is 23.8 Å². The highest BCUT2D eigenvalue weighted by molar-refractivity contribution is 7.61. The monoisotopic (exact) mass is 411 g/mol. The zero-order chi connectivity index (χ0) is 20.3. The number of carboxylic acids is 1. The summed E-state index contributed by atoms with van der Waals surface area (Å²) in [6, 6.07) is 8.05. The van der Waals surface area contributed by atoms with Gasteiger partial charge in [-0.05, 0) is 44.4 Å². The molecule has 1 unspecified atom stereocenters. The molecule has 28 heavy (non-hydrogen) atoms. The number of benzene rings is 1. The van der Waals surface area contributed by atoms with Gasteiger partial charge in [0, 0.05) is 18.5 Å². The number of carboxylic acid groups (broad SMARTS) is 1. The van der Waals surface area contributed by atoms with E-state index in [1.54, 1.807) is 18.2 Å². The molecule has 1 aromatic carbocycles. The molecule has 3 rings (SSSR count). The second-order valence-electron chi connectivity index (χ2n) is 7.32. The largest absolute Gasteiger partial charge is 0.481 e. The number of carbonyl (C=O) groups is 2. The standard InChI is InChI=1S/C19H26NO7P/c1-26-19(23)18-15-10-9-13(20(15)11-5-8-17(21)22)12-16(18)27-28(24,25)14-6-3-2-4-7-14/h2-4,6-7,13,15-16,18H,5,8-12H2,1H3,(H,21,22)(H,24,25)/t13-,15+,16-,18+/m0/s1. The van der Waals surface area contributed by atoms with Crippen LogP contribution in [0.2, 0.25) is 0 Å². The molecule has 2 heterocycles. The Morgan fingerprint density at radius 3 is 2.61 bits per heavy atom. The molecule has 0 radical (unpaired) electrons. The first-order valence-corrected chi connectivity index (χ1v) is 11.0. The number of fused-ring (bicyclic) bond motifs is 2. The van der Waals surface area contributed by atoms with E-state index in [1.807, 2.05) is 0 Å². The fourth-order valence-corrected chi connectivity index (χ4v) is 5.70. The summed E-state index contributed by atoms with van der Waals surface area (Å²) in [4.78, 5) is 36.0. The van der Waals surface area contributed by atoms with E-state index in [2.05, 4.69) is 4.90 Å². The number of aliphatic carboxylic acids is 1. The molecule has 2 N–H and O–H groups in total. The highest BCUT2D eigenvalue weighted by Gasteiger charge is 2.52. The van der Waals surface area contributed by atoms with Crippen LogP contribution in [0.1, 0.15) is 32.1 Å². The summed E-state index contributed by atoms with van der Waals surface area (Å²) < 4.78 is 23.4. The molecule has 8 nitrogen and oxygen atoms in total. The highest BCUT2D eigenvalue weighted by Crippen LogP contribution is 2.49. The highest BCUT2D eigenvalue weighted by atomic mass is 31.2. The van der Waals surface area contributed by atoms with Crippen LogP contribution in [0.3, 0.4) is 0 Å². The minimum Gasteiger partial charge on any atom is -0.481 e. The Hall–Kier alpha value is -1.73. The molecule has 2 saturated heterocycles. The molecule has 2 bridgehead atoms. The Labute approximate surface area is 164 Å². The first-order chi connectivity index (χ1) is 13.3. The SMILES string of the molecule is COC(=O)[C@H]1[C@@H](OP(=O)(O)c2ccccc2)C[C@@H]2CC[C@H]1N2CCCC(=O)O. The van der Waals surface area contributed by atoms with Gasteiger partial charge in [-0.15, -0.1) is 0 Å². The van der Waals surface area contributed by atoms with E-state index in [1.165, 1.54) is 19.2 Å². The second kappa shape index (κ2) is 8.74. The summed E-state index contributed by atoms with van der Waals surface area (Å²) in [5.74, 6) is -2.00. The van der Waals surface area contributed by atoms with Gasteiger partial charge in [0.25, 0.3) is 0 Å². The molecule has 2 aliphatic heterocycles. The first kappa shape index (κ1) is 21.0. The first-order valence-electron chi connectivity index (χ1n) is 9.45. The molecule has 2 fully saturated rings. The van der Waals surface area contributed by atoms with Crippen molar-refractivity contribution in [3.05, 3.63) is 30.3 Å². The number of hydrogen-bond acceptors (Lipinski definition) is 6. The predicted molar refractivity (Wildman–Crippen MR) is 101 cm³/mol. The van der Waals surface area contributed by atoms with Crippen molar-refractivity contribution in [2.45, 2.75) is 50.3 Å². The van der Waals surface area contributed by atoms with Gasteiger partial charge in [-0.2, -0.15) is 0 Å².